The molecule has 0 saturated heterocycles. The van der Waals surface area contributed by atoms with E-state index in [1.807, 2.05) is 0 Å². The smallest absolute Gasteiger partial charge is 0.267 e. The molecule has 1 rings (SSSR count). The zero-order valence-electron chi connectivity index (χ0n) is 6.09. The molecular formula is C3H5N5O2S3. The van der Waals surface area contributed by atoms with Gasteiger partial charge in [-0.15, -0.1) is 10.2 Å². The summed E-state index contributed by atoms with van der Waals surface area (Å²) >= 11 is 5.26. The van der Waals surface area contributed by atoms with Crippen molar-refractivity contribution in [3.63, 3.8) is 0 Å². The van der Waals surface area contributed by atoms with Crippen molar-refractivity contribution in [3.8, 4) is 0 Å². The van der Waals surface area contributed by atoms with Crippen LogP contribution in [0.15, 0.2) is 4.34 Å². The molecule has 0 bridgehead atoms. The molecule has 0 aliphatic carbocycles. The van der Waals surface area contributed by atoms with Crippen molar-refractivity contribution in [1.82, 2.24) is 10.2 Å². The van der Waals surface area contributed by atoms with E-state index in [1.165, 1.54) is 0 Å². The fourth-order valence-corrected chi connectivity index (χ4v) is 1.99. The number of sulfonamides is 1. The van der Waals surface area contributed by atoms with Gasteiger partial charge in [0, 0.05) is 0 Å². The largest absolute Gasteiger partial charge is 0.376 e. The highest BCUT2D eigenvalue weighted by Crippen LogP contribution is 2.17. The molecule has 0 spiro atoms. The van der Waals surface area contributed by atoms with Crippen molar-refractivity contribution in [3.05, 3.63) is 0 Å². The third-order valence-corrected chi connectivity index (χ3v) is 3.13. The number of nitrogens with zero attached hydrogens (tertiary/aromatic N) is 2. The molecule has 5 N–H and O–H groups in total. The van der Waals surface area contributed by atoms with Gasteiger partial charge in [-0.1, -0.05) is 11.3 Å². The quantitative estimate of drug-likeness (QED) is 0.556. The van der Waals surface area contributed by atoms with Gasteiger partial charge in [-0.3, -0.25) is 0 Å². The molecule has 10 heteroatoms. The predicted octanol–water partition coefficient (Wildman–Crippen LogP) is -1.16. The van der Waals surface area contributed by atoms with Crippen molar-refractivity contribution in [2.24, 2.45) is 10.9 Å². The molecule has 0 unspecified atom stereocenters. The molecule has 0 fully saturated rings. The highest BCUT2D eigenvalue weighted by atomic mass is 32.2. The molecule has 1 aromatic rings. The van der Waals surface area contributed by atoms with Gasteiger partial charge in [-0.05, 0) is 12.2 Å². The van der Waals surface area contributed by atoms with Crippen LogP contribution in [0, 0.1) is 0 Å². The molecule has 0 aromatic carbocycles. The van der Waals surface area contributed by atoms with Crippen LogP contribution in [0.25, 0.3) is 0 Å². The van der Waals surface area contributed by atoms with E-state index in [9.17, 15) is 8.42 Å². The van der Waals surface area contributed by atoms with Crippen LogP contribution in [-0.2, 0) is 10.0 Å². The molecule has 0 aliphatic heterocycles. The Kier molecular flexibility index (Phi) is 2.75. The van der Waals surface area contributed by atoms with E-state index < -0.39 is 10.0 Å². The number of aromatic nitrogens is 2. The summed E-state index contributed by atoms with van der Waals surface area (Å²) in [6, 6.07) is 0. The molecule has 0 aliphatic rings. The van der Waals surface area contributed by atoms with E-state index in [4.69, 9.17) is 10.9 Å². The SMILES string of the molecule is NC(=S)Nc1nnc(S(N)(=O)=O)s1. The van der Waals surface area contributed by atoms with Gasteiger partial charge in [0.15, 0.2) is 5.11 Å². The zero-order valence-corrected chi connectivity index (χ0v) is 8.54. The van der Waals surface area contributed by atoms with Crippen molar-refractivity contribution in [2.75, 3.05) is 5.32 Å². The first kappa shape index (κ1) is 10.2. The van der Waals surface area contributed by atoms with Crippen LogP contribution in [0.5, 0.6) is 0 Å². The standard InChI is InChI=1S/C3H5N5O2S3/c4-1(11)6-2-7-8-3(12-2)13(5,9)10/h(H2,5,9,10)(H3,4,6,7,11). The summed E-state index contributed by atoms with van der Waals surface area (Å²) in [4.78, 5) is 0. The molecule has 7 nitrogen and oxygen atoms in total. The van der Waals surface area contributed by atoms with Crippen molar-refractivity contribution in [2.45, 2.75) is 4.34 Å². The number of anilines is 1. The maximum atomic E-state index is 10.7. The van der Waals surface area contributed by atoms with E-state index in [2.05, 4.69) is 27.7 Å². The normalized spacial score (nSPS) is 11.2. The number of rotatable bonds is 2. The Balaban J connectivity index is 2.94. The molecule has 0 radical (unpaired) electrons. The van der Waals surface area contributed by atoms with Crippen LogP contribution in [0.4, 0.5) is 5.13 Å². The summed E-state index contributed by atoms with van der Waals surface area (Å²) in [5.74, 6) is 0. The monoisotopic (exact) mass is 239 g/mol. The van der Waals surface area contributed by atoms with Crippen molar-refractivity contribution in [1.29, 1.82) is 0 Å². The maximum absolute atomic E-state index is 10.7. The topological polar surface area (TPSA) is 124 Å². The summed E-state index contributed by atoms with van der Waals surface area (Å²) in [5.41, 5.74) is 5.12. The number of nitrogens with two attached hydrogens (primary N) is 2. The van der Waals surface area contributed by atoms with Crippen molar-refractivity contribution < 1.29 is 8.42 Å². The Morgan fingerprint density at radius 3 is 2.54 bits per heavy atom. The minimum Gasteiger partial charge on any atom is -0.376 e. The lowest BCUT2D eigenvalue weighted by atomic mass is 11.0. The van der Waals surface area contributed by atoms with Gasteiger partial charge >= 0.3 is 0 Å². The zero-order chi connectivity index (χ0) is 10.1. The lowest BCUT2D eigenvalue weighted by molar-refractivity contribution is 0.596. The molecule has 0 atom stereocenters. The van der Waals surface area contributed by atoms with Crippen LogP contribution < -0.4 is 16.2 Å². The third-order valence-electron chi connectivity index (χ3n) is 0.880. The second-order valence-corrected chi connectivity index (χ2v) is 5.06. The molecule has 13 heavy (non-hydrogen) atoms. The van der Waals surface area contributed by atoms with E-state index in [1.54, 1.807) is 0 Å². The molecule has 0 amide bonds. The van der Waals surface area contributed by atoms with E-state index in [0.717, 1.165) is 11.3 Å². The average molecular weight is 239 g/mol. The Bertz CT molecular complexity index is 422. The number of primary sulfonamides is 1. The number of thiocarbonyl (C=S) groups is 1. The first-order chi connectivity index (χ1) is 5.89. The summed E-state index contributed by atoms with van der Waals surface area (Å²) < 4.78 is 21.2. The summed E-state index contributed by atoms with van der Waals surface area (Å²) in [5, 5.41) is 14.2. The van der Waals surface area contributed by atoms with Crippen LogP contribution >= 0.6 is 23.6 Å². The van der Waals surface area contributed by atoms with Gasteiger partial charge in [-0.25, -0.2) is 13.6 Å². The highest BCUT2D eigenvalue weighted by molar-refractivity contribution is 7.91. The summed E-state index contributed by atoms with van der Waals surface area (Å²) in [7, 11) is -3.80. The minimum absolute atomic E-state index is 0.0166. The number of hydrogen-bond donors (Lipinski definition) is 3. The Labute approximate surface area is 83.2 Å². The summed E-state index contributed by atoms with van der Waals surface area (Å²) in [6.07, 6.45) is 0. The second-order valence-electron chi connectivity index (χ2n) is 1.91. The second kappa shape index (κ2) is 3.49. The minimum atomic E-state index is -3.80. The predicted molar refractivity (Wildman–Crippen MR) is 51.7 cm³/mol. The van der Waals surface area contributed by atoms with Gasteiger partial charge in [0.05, 0.1) is 0 Å². The molecule has 72 valence electrons. The number of nitrogens with one attached hydrogen (secondary N) is 1. The van der Waals surface area contributed by atoms with Crippen LogP contribution in [0.3, 0.4) is 0 Å². The van der Waals surface area contributed by atoms with Crippen LogP contribution in [0.1, 0.15) is 0 Å². The lowest BCUT2D eigenvalue weighted by Crippen LogP contribution is -2.18. The Morgan fingerprint density at radius 1 is 1.54 bits per heavy atom. The fourth-order valence-electron chi connectivity index (χ4n) is 0.481. The van der Waals surface area contributed by atoms with E-state index in [-0.39, 0.29) is 14.6 Å². The molecule has 1 heterocycles. The van der Waals surface area contributed by atoms with Crippen LogP contribution in [-0.4, -0.2) is 23.7 Å². The van der Waals surface area contributed by atoms with E-state index in [0.29, 0.717) is 0 Å². The van der Waals surface area contributed by atoms with Gasteiger partial charge < -0.3 is 11.1 Å². The highest BCUT2D eigenvalue weighted by Gasteiger charge is 2.14. The molecule has 1 aromatic heterocycles. The Hall–Kier alpha value is -0.840. The first-order valence-electron chi connectivity index (χ1n) is 2.82. The fraction of sp³-hybridized carbons (Fsp3) is 0. The average Bonchev–Trinajstić information content (AvgIpc) is 2.32. The van der Waals surface area contributed by atoms with Gasteiger partial charge in [0.2, 0.25) is 9.47 Å². The van der Waals surface area contributed by atoms with Crippen LogP contribution in [0.2, 0.25) is 0 Å². The molecular weight excluding hydrogens is 234 g/mol. The molecule has 0 saturated carbocycles. The van der Waals surface area contributed by atoms with E-state index >= 15 is 0 Å². The van der Waals surface area contributed by atoms with Gasteiger partial charge in [-0.2, -0.15) is 0 Å². The number of hydrogen-bond acceptors (Lipinski definition) is 6. The lowest BCUT2D eigenvalue weighted by Gasteiger charge is -1.93. The maximum Gasteiger partial charge on any atom is 0.267 e. The summed E-state index contributed by atoms with van der Waals surface area (Å²) in [6.45, 7) is 0. The van der Waals surface area contributed by atoms with Gasteiger partial charge in [0.25, 0.3) is 10.0 Å². The first-order valence-corrected chi connectivity index (χ1v) is 5.59. The Morgan fingerprint density at radius 2 is 2.15 bits per heavy atom. The van der Waals surface area contributed by atoms with Gasteiger partial charge in [0.1, 0.15) is 0 Å². The van der Waals surface area contributed by atoms with Crippen molar-refractivity contribution >= 4 is 43.8 Å². The third kappa shape index (κ3) is 2.84.